The van der Waals surface area contributed by atoms with Gasteiger partial charge in [0.1, 0.15) is 5.75 Å². The average molecular weight is 296 g/mol. The van der Waals surface area contributed by atoms with Crippen LogP contribution in [0.5, 0.6) is 5.75 Å². The number of rotatable bonds is 6. The van der Waals surface area contributed by atoms with Crippen molar-refractivity contribution < 1.29 is 14.6 Å². The van der Waals surface area contributed by atoms with Crippen LogP contribution in [0.2, 0.25) is 0 Å². The number of allylic oxidation sites excluding steroid dienone is 1. The summed E-state index contributed by atoms with van der Waals surface area (Å²) in [7, 11) is 1.67. The molecule has 0 spiro atoms. The summed E-state index contributed by atoms with van der Waals surface area (Å²) in [5.41, 5.74) is 4.22. The number of para-hydroxylation sites is 1. The maximum absolute atomic E-state index is 10.6. The SMILES string of the molecule is COc1ccccc1-c1cccc(CC/C(C)=C/C(=O)O)c1. The van der Waals surface area contributed by atoms with Gasteiger partial charge in [-0.05, 0) is 37.0 Å². The first-order chi connectivity index (χ1) is 10.6. The third-order valence-corrected chi connectivity index (χ3v) is 3.52. The normalized spacial score (nSPS) is 11.3. The molecule has 0 aliphatic heterocycles. The summed E-state index contributed by atoms with van der Waals surface area (Å²) in [4.78, 5) is 10.6. The van der Waals surface area contributed by atoms with Crippen molar-refractivity contribution in [1.29, 1.82) is 0 Å². The van der Waals surface area contributed by atoms with Gasteiger partial charge in [-0.2, -0.15) is 0 Å². The van der Waals surface area contributed by atoms with Crippen LogP contribution in [0.15, 0.2) is 60.2 Å². The predicted molar refractivity (Wildman–Crippen MR) is 88.1 cm³/mol. The molecule has 0 radical (unpaired) electrons. The Morgan fingerprint density at radius 3 is 2.68 bits per heavy atom. The van der Waals surface area contributed by atoms with E-state index >= 15 is 0 Å². The molecule has 0 fully saturated rings. The van der Waals surface area contributed by atoms with Crippen molar-refractivity contribution in [2.45, 2.75) is 19.8 Å². The maximum Gasteiger partial charge on any atom is 0.328 e. The van der Waals surface area contributed by atoms with Crippen LogP contribution in [0, 0.1) is 0 Å². The number of benzene rings is 2. The van der Waals surface area contributed by atoms with E-state index < -0.39 is 5.97 Å². The molecule has 3 nitrogen and oxygen atoms in total. The Balaban J connectivity index is 2.18. The van der Waals surface area contributed by atoms with Crippen LogP contribution >= 0.6 is 0 Å². The minimum Gasteiger partial charge on any atom is -0.496 e. The molecule has 1 N–H and O–H groups in total. The molecular formula is C19H20O3. The Bertz CT molecular complexity index is 687. The maximum atomic E-state index is 10.6. The van der Waals surface area contributed by atoms with Crippen molar-refractivity contribution >= 4 is 5.97 Å². The lowest BCUT2D eigenvalue weighted by molar-refractivity contribution is -0.131. The Morgan fingerprint density at radius 1 is 1.18 bits per heavy atom. The molecular weight excluding hydrogens is 276 g/mol. The van der Waals surface area contributed by atoms with Crippen molar-refractivity contribution in [3.05, 3.63) is 65.7 Å². The van der Waals surface area contributed by atoms with Gasteiger partial charge in [0, 0.05) is 11.6 Å². The predicted octanol–water partition coefficient (Wildman–Crippen LogP) is 4.33. The summed E-state index contributed by atoms with van der Waals surface area (Å²) in [6, 6.07) is 16.2. The summed E-state index contributed by atoms with van der Waals surface area (Å²) in [5, 5.41) is 8.74. The molecule has 0 heterocycles. The largest absolute Gasteiger partial charge is 0.496 e. The van der Waals surface area contributed by atoms with Crippen LogP contribution < -0.4 is 4.74 Å². The first-order valence-electron chi connectivity index (χ1n) is 7.22. The van der Waals surface area contributed by atoms with Gasteiger partial charge in [0.2, 0.25) is 0 Å². The summed E-state index contributed by atoms with van der Waals surface area (Å²) in [6.07, 6.45) is 2.82. The fourth-order valence-electron chi connectivity index (χ4n) is 2.40. The number of hydrogen-bond acceptors (Lipinski definition) is 2. The van der Waals surface area contributed by atoms with E-state index in [0.717, 1.165) is 35.3 Å². The Labute approximate surface area is 130 Å². The molecule has 0 unspecified atom stereocenters. The lowest BCUT2D eigenvalue weighted by Crippen LogP contribution is -1.93. The van der Waals surface area contributed by atoms with Crippen molar-refractivity contribution in [3.63, 3.8) is 0 Å². The molecule has 0 atom stereocenters. The van der Waals surface area contributed by atoms with E-state index in [9.17, 15) is 4.79 Å². The Hall–Kier alpha value is -2.55. The standard InChI is InChI=1S/C19H20O3/c1-14(12-19(20)21)10-11-15-6-5-7-16(13-15)17-8-3-4-9-18(17)22-2/h3-9,12-13H,10-11H2,1-2H3,(H,20,21)/b14-12+. The molecule has 0 aromatic heterocycles. The summed E-state index contributed by atoms with van der Waals surface area (Å²) in [5.74, 6) is -0.0399. The van der Waals surface area contributed by atoms with Gasteiger partial charge in [-0.25, -0.2) is 4.79 Å². The second kappa shape index (κ2) is 7.46. The van der Waals surface area contributed by atoms with Gasteiger partial charge in [0.05, 0.1) is 7.11 Å². The fraction of sp³-hybridized carbons (Fsp3) is 0.211. The van der Waals surface area contributed by atoms with Crippen LogP contribution in [0.4, 0.5) is 0 Å². The monoisotopic (exact) mass is 296 g/mol. The Morgan fingerprint density at radius 2 is 1.95 bits per heavy atom. The first kappa shape index (κ1) is 15.8. The molecule has 0 amide bonds. The van der Waals surface area contributed by atoms with E-state index in [1.807, 2.05) is 37.3 Å². The highest BCUT2D eigenvalue weighted by atomic mass is 16.5. The number of carboxylic acids is 1. The van der Waals surface area contributed by atoms with Crippen molar-refractivity contribution in [2.24, 2.45) is 0 Å². The molecule has 3 heteroatoms. The molecule has 22 heavy (non-hydrogen) atoms. The fourth-order valence-corrected chi connectivity index (χ4v) is 2.40. The van der Waals surface area contributed by atoms with E-state index in [4.69, 9.17) is 9.84 Å². The van der Waals surface area contributed by atoms with Crippen LogP contribution in [0.1, 0.15) is 18.9 Å². The summed E-state index contributed by atoms with van der Waals surface area (Å²) < 4.78 is 5.41. The zero-order valence-electron chi connectivity index (χ0n) is 12.9. The molecule has 114 valence electrons. The van der Waals surface area contributed by atoms with E-state index in [1.165, 1.54) is 11.6 Å². The molecule has 2 aromatic rings. The number of hydrogen-bond donors (Lipinski definition) is 1. The third-order valence-electron chi connectivity index (χ3n) is 3.52. The van der Waals surface area contributed by atoms with Gasteiger partial charge in [0.15, 0.2) is 0 Å². The number of carboxylic acid groups (broad SMARTS) is 1. The van der Waals surface area contributed by atoms with Gasteiger partial charge in [-0.3, -0.25) is 0 Å². The van der Waals surface area contributed by atoms with Gasteiger partial charge in [-0.1, -0.05) is 48.0 Å². The van der Waals surface area contributed by atoms with E-state index in [-0.39, 0.29) is 0 Å². The number of ether oxygens (including phenoxy) is 1. The second-order valence-electron chi connectivity index (χ2n) is 5.23. The zero-order valence-corrected chi connectivity index (χ0v) is 12.9. The topological polar surface area (TPSA) is 46.5 Å². The van der Waals surface area contributed by atoms with Crippen LogP contribution in [0.25, 0.3) is 11.1 Å². The highest BCUT2D eigenvalue weighted by Crippen LogP contribution is 2.30. The van der Waals surface area contributed by atoms with Gasteiger partial charge < -0.3 is 9.84 Å². The van der Waals surface area contributed by atoms with Crippen molar-refractivity contribution in [3.8, 4) is 16.9 Å². The highest BCUT2D eigenvalue weighted by molar-refractivity contribution is 5.80. The molecule has 0 aliphatic rings. The average Bonchev–Trinajstić information content (AvgIpc) is 2.52. The summed E-state index contributed by atoms with van der Waals surface area (Å²) >= 11 is 0. The van der Waals surface area contributed by atoms with E-state index in [2.05, 4.69) is 18.2 Å². The molecule has 0 aliphatic carbocycles. The zero-order chi connectivity index (χ0) is 15.9. The third kappa shape index (κ3) is 4.22. The van der Waals surface area contributed by atoms with Crippen LogP contribution in [-0.4, -0.2) is 18.2 Å². The highest BCUT2D eigenvalue weighted by Gasteiger charge is 2.05. The Kier molecular flexibility index (Phi) is 5.37. The van der Waals surface area contributed by atoms with E-state index in [0.29, 0.717) is 0 Å². The van der Waals surface area contributed by atoms with Crippen LogP contribution in [0.3, 0.4) is 0 Å². The van der Waals surface area contributed by atoms with Gasteiger partial charge in [-0.15, -0.1) is 0 Å². The molecule has 2 aromatic carbocycles. The lowest BCUT2D eigenvalue weighted by Gasteiger charge is -2.10. The smallest absolute Gasteiger partial charge is 0.328 e. The van der Waals surface area contributed by atoms with Gasteiger partial charge >= 0.3 is 5.97 Å². The molecule has 0 saturated heterocycles. The lowest BCUT2D eigenvalue weighted by atomic mass is 9.99. The van der Waals surface area contributed by atoms with Crippen molar-refractivity contribution in [1.82, 2.24) is 0 Å². The number of carbonyl (C=O) groups is 1. The van der Waals surface area contributed by atoms with Crippen LogP contribution in [-0.2, 0) is 11.2 Å². The number of methoxy groups -OCH3 is 1. The minimum absolute atomic E-state index is 0.738. The molecule has 0 bridgehead atoms. The van der Waals surface area contributed by atoms with E-state index in [1.54, 1.807) is 7.11 Å². The second-order valence-corrected chi connectivity index (χ2v) is 5.23. The number of aryl methyl sites for hydroxylation is 1. The summed E-state index contributed by atoms with van der Waals surface area (Å²) in [6.45, 7) is 1.85. The molecule has 2 rings (SSSR count). The minimum atomic E-state index is -0.889. The quantitative estimate of drug-likeness (QED) is 0.807. The first-order valence-corrected chi connectivity index (χ1v) is 7.22. The van der Waals surface area contributed by atoms with Crippen molar-refractivity contribution in [2.75, 3.05) is 7.11 Å². The molecule has 0 saturated carbocycles. The number of aliphatic carboxylic acids is 1. The van der Waals surface area contributed by atoms with Gasteiger partial charge in [0.25, 0.3) is 0 Å².